The van der Waals surface area contributed by atoms with Gasteiger partial charge in [-0.3, -0.25) is 4.79 Å². The van der Waals surface area contributed by atoms with Crippen LogP contribution in [0.1, 0.15) is 26.7 Å². The van der Waals surface area contributed by atoms with Crippen LogP contribution < -0.4 is 0 Å². The van der Waals surface area contributed by atoms with E-state index in [1.807, 2.05) is 0 Å². The lowest BCUT2D eigenvalue weighted by Crippen LogP contribution is -2.26. The summed E-state index contributed by atoms with van der Waals surface area (Å²) < 4.78 is 0. The Kier molecular flexibility index (Phi) is 1.17. The number of rotatable bonds is 0. The Hall–Kier alpha value is -0.330. The van der Waals surface area contributed by atoms with Crippen LogP contribution in [-0.4, -0.2) is 5.78 Å². The Morgan fingerprint density at radius 2 is 1.50 bits per heavy atom. The molecular formula is C9H14O. The van der Waals surface area contributed by atoms with Crippen molar-refractivity contribution in [3.05, 3.63) is 0 Å². The molecule has 0 aliphatic heterocycles. The van der Waals surface area contributed by atoms with Crippen LogP contribution in [0.2, 0.25) is 0 Å². The SMILES string of the molecule is C[C@@H]1C(=O)[C@H](C)[C@H]2CC[C@H]21. The molecule has 0 saturated heterocycles. The van der Waals surface area contributed by atoms with E-state index in [1.165, 1.54) is 12.8 Å². The van der Waals surface area contributed by atoms with Gasteiger partial charge >= 0.3 is 0 Å². The second kappa shape index (κ2) is 1.84. The molecule has 1 nitrogen and oxygen atoms in total. The van der Waals surface area contributed by atoms with Crippen LogP contribution in [0.25, 0.3) is 0 Å². The van der Waals surface area contributed by atoms with Gasteiger partial charge in [0.25, 0.3) is 0 Å². The molecule has 0 aromatic carbocycles. The van der Waals surface area contributed by atoms with E-state index in [0.717, 1.165) is 11.8 Å². The van der Waals surface area contributed by atoms with Crippen LogP contribution in [-0.2, 0) is 4.79 Å². The molecule has 0 N–H and O–H groups in total. The second-order valence-electron chi connectivity index (χ2n) is 3.88. The quantitative estimate of drug-likeness (QED) is 0.499. The van der Waals surface area contributed by atoms with Crippen LogP contribution in [0, 0.1) is 23.7 Å². The molecule has 10 heavy (non-hydrogen) atoms. The minimum atomic E-state index is 0.383. The Labute approximate surface area is 61.8 Å². The van der Waals surface area contributed by atoms with Gasteiger partial charge in [-0.05, 0) is 24.7 Å². The molecule has 2 fully saturated rings. The highest BCUT2D eigenvalue weighted by Gasteiger charge is 2.49. The van der Waals surface area contributed by atoms with Gasteiger partial charge in [-0.2, -0.15) is 0 Å². The van der Waals surface area contributed by atoms with Crippen LogP contribution in [0.5, 0.6) is 0 Å². The molecule has 0 spiro atoms. The standard InChI is InChI=1S/C9H14O/c1-5-7-3-4-8(7)6(2)9(5)10/h5-8H,3-4H2,1-2H3/t5-,6+,7-,8+. The molecule has 0 aromatic heterocycles. The smallest absolute Gasteiger partial charge is 0.139 e. The maximum Gasteiger partial charge on any atom is 0.139 e. The first kappa shape index (κ1) is 6.38. The summed E-state index contributed by atoms with van der Waals surface area (Å²) in [5.41, 5.74) is 0. The van der Waals surface area contributed by atoms with Gasteiger partial charge in [-0.15, -0.1) is 0 Å². The number of Topliss-reactive ketones (excluding diaryl/α,β-unsaturated/α-hetero) is 1. The molecular weight excluding hydrogens is 124 g/mol. The van der Waals surface area contributed by atoms with E-state index in [9.17, 15) is 4.79 Å². The molecule has 0 amide bonds. The molecule has 0 aromatic rings. The lowest BCUT2D eigenvalue weighted by atomic mass is 9.71. The number of fused-ring (bicyclic) bond motifs is 1. The number of hydrogen-bond acceptors (Lipinski definition) is 1. The van der Waals surface area contributed by atoms with Crippen molar-refractivity contribution >= 4 is 5.78 Å². The third-order valence-corrected chi connectivity index (χ3v) is 3.57. The van der Waals surface area contributed by atoms with Crippen molar-refractivity contribution in [2.75, 3.05) is 0 Å². The fourth-order valence-electron chi connectivity index (χ4n) is 2.63. The molecule has 2 saturated carbocycles. The monoisotopic (exact) mass is 138 g/mol. The van der Waals surface area contributed by atoms with Crippen LogP contribution in [0.15, 0.2) is 0 Å². The summed E-state index contributed by atoms with van der Waals surface area (Å²) in [7, 11) is 0. The maximum absolute atomic E-state index is 11.4. The van der Waals surface area contributed by atoms with Crippen LogP contribution in [0.3, 0.4) is 0 Å². The second-order valence-corrected chi connectivity index (χ2v) is 3.88. The number of carbonyl (C=O) groups excluding carboxylic acids is 1. The van der Waals surface area contributed by atoms with Crippen molar-refractivity contribution in [3.63, 3.8) is 0 Å². The lowest BCUT2D eigenvalue weighted by Gasteiger charge is -2.33. The predicted octanol–water partition coefficient (Wildman–Crippen LogP) is 1.87. The van der Waals surface area contributed by atoms with Crippen molar-refractivity contribution in [1.82, 2.24) is 0 Å². The highest BCUT2D eigenvalue weighted by Crippen LogP contribution is 2.51. The average molecular weight is 138 g/mol. The van der Waals surface area contributed by atoms with E-state index in [0.29, 0.717) is 17.6 Å². The molecule has 2 rings (SSSR count). The summed E-state index contributed by atoms with van der Waals surface area (Å²) in [6, 6.07) is 0. The number of hydrogen-bond donors (Lipinski definition) is 0. The zero-order chi connectivity index (χ0) is 7.30. The van der Waals surface area contributed by atoms with E-state index in [1.54, 1.807) is 0 Å². The minimum Gasteiger partial charge on any atom is -0.299 e. The molecule has 0 bridgehead atoms. The molecule has 1 heteroatoms. The highest BCUT2D eigenvalue weighted by molar-refractivity contribution is 5.86. The Morgan fingerprint density at radius 1 is 1.10 bits per heavy atom. The first-order valence-corrected chi connectivity index (χ1v) is 4.25. The Morgan fingerprint density at radius 3 is 1.70 bits per heavy atom. The zero-order valence-electron chi connectivity index (χ0n) is 6.63. The zero-order valence-corrected chi connectivity index (χ0v) is 6.63. The lowest BCUT2D eigenvalue weighted by molar-refractivity contribution is -0.123. The Balaban J connectivity index is 2.22. The topological polar surface area (TPSA) is 17.1 Å². The molecule has 0 heterocycles. The van der Waals surface area contributed by atoms with E-state index in [-0.39, 0.29) is 0 Å². The summed E-state index contributed by atoms with van der Waals surface area (Å²) in [6.45, 7) is 4.20. The van der Waals surface area contributed by atoms with Crippen LogP contribution in [0.4, 0.5) is 0 Å². The van der Waals surface area contributed by atoms with Crippen molar-refractivity contribution in [2.24, 2.45) is 23.7 Å². The molecule has 4 atom stereocenters. The minimum absolute atomic E-state index is 0.383. The van der Waals surface area contributed by atoms with Crippen molar-refractivity contribution in [2.45, 2.75) is 26.7 Å². The third kappa shape index (κ3) is 0.561. The van der Waals surface area contributed by atoms with Crippen LogP contribution >= 0.6 is 0 Å². The number of ketones is 1. The summed E-state index contributed by atoms with van der Waals surface area (Å²) in [4.78, 5) is 11.4. The van der Waals surface area contributed by atoms with Crippen molar-refractivity contribution in [1.29, 1.82) is 0 Å². The molecule has 56 valence electrons. The van der Waals surface area contributed by atoms with E-state index in [4.69, 9.17) is 0 Å². The fraction of sp³-hybridized carbons (Fsp3) is 0.889. The number of carbonyl (C=O) groups is 1. The molecule has 0 radical (unpaired) electrons. The van der Waals surface area contributed by atoms with Gasteiger partial charge < -0.3 is 0 Å². The van der Waals surface area contributed by atoms with E-state index >= 15 is 0 Å². The molecule has 0 unspecified atom stereocenters. The van der Waals surface area contributed by atoms with Gasteiger partial charge in [-0.1, -0.05) is 13.8 Å². The summed E-state index contributed by atoms with van der Waals surface area (Å²) in [5.74, 6) is 2.82. The highest BCUT2D eigenvalue weighted by atomic mass is 16.1. The van der Waals surface area contributed by atoms with Gasteiger partial charge in [0.2, 0.25) is 0 Å². The van der Waals surface area contributed by atoms with Gasteiger partial charge in [-0.25, -0.2) is 0 Å². The van der Waals surface area contributed by atoms with Gasteiger partial charge in [0.1, 0.15) is 5.78 Å². The van der Waals surface area contributed by atoms with Crippen molar-refractivity contribution < 1.29 is 4.79 Å². The Bertz CT molecular complexity index is 156. The van der Waals surface area contributed by atoms with Gasteiger partial charge in [0, 0.05) is 11.8 Å². The van der Waals surface area contributed by atoms with Gasteiger partial charge in [0.05, 0.1) is 0 Å². The average Bonchev–Trinajstić information content (AvgIpc) is 1.92. The van der Waals surface area contributed by atoms with Gasteiger partial charge in [0.15, 0.2) is 0 Å². The predicted molar refractivity (Wildman–Crippen MR) is 39.5 cm³/mol. The largest absolute Gasteiger partial charge is 0.299 e. The first-order chi connectivity index (χ1) is 4.72. The summed E-state index contributed by atoms with van der Waals surface area (Å²) >= 11 is 0. The van der Waals surface area contributed by atoms with E-state index in [2.05, 4.69) is 13.8 Å². The maximum atomic E-state index is 11.4. The first-order valence-electron chi connectivity index (χ1n) is 4.25. The molecule has 2 aliphatic rings. The summed E-state index contributed by atoms with van der Waals surface area (Å²) in [5, 5.41) is 0. The summed E-state index contributed by atoms with van der Waals surface area (Å²) in [6.07, 6.45) is 2.61. The fourth-order valence-corrected chi connectivity index (χ4v) is 2.63. The third-order valence-electron chi connectivity index (χ3n) is 3.57. The van der Waals surface area contributed by atoms with Crippen molar-refractivity contribution in [3.8, 4) is 0 Å². The normalized spacial score (nSPS) is 52.4. The van der Waals surface area contributed by atoms with E-state index < -0.39 is 0 Å². The molecule has 2 aliphatic carbocycles.